The number of nitrogens with zero attached hydrogens (tertiary/aromatic N) is 2. The van der Waals surface area contributed by atoms with E-state index in [1.165, 1.54) is 12.1 Å². The van der Waals surface area contributed by atoms with Crippen molar-refractivity contribution in [1.82, 2.24) is 0 Å². The van der Waals surface area contributed by atoms with Gasteiger partial charge in [0.15, 0.2) is 17.4 Å². The molecule has 11 heteroatoms. The highest BCUT2D eigenvalue weighted by Crippen LogP contribution is 2.38. The molecule has 4 nitrogen and oxygen atoms in total. The van der Waals surface area contributed by atoms with Gasteiger partial charge in [-0.1, -0.05) is 11.6 Å². The first-order chi connectivity index (χ1) is 13.1. The summed E-state index contributed by atoms with van der Waals surface area (Å²) in [7, 11) is 0. The van der Waals surface area contributed by atoms with E-state index in [4.69, 9.17) is 26.9 Å². The van der Waals surface area contributed by atoms with Crippen LogP contribution in [0, 0.1) is 40.1 Å². The van der Waals surface area contributed by atoms with Gasteiger partial charge in [-0.15, -0.1) is 0 Å². The second-order valence-electron chi connectivity index (χ2n) is 5.06. The smallest absolute Gasteiger partial charge is 0.416 e. The van der Waals surface area contributed by atoms with Gasteiger partial charge in [0.25, 0.3) is 0 Å². The molecule has 1 N–H and O–H groups in total. The summed E-state index contributed by atoms with van der Waals surface area (Å²) in [5, 5.41) is 19.1. The molecule has 0 amide bonds. The number of allylic oxidation sites excluding steroid dienone is 1. The lowest BCUT2D eigenvalue weighted by molar-refractivity contribution is -0.138. The van der Waals surface area contributed by atoms with E-state index in [0.717, 1.165) is 12.3 Å². The molecule has 0 atom stereocenters. The van der Waals surface area contributed by atoms with E-state index in [2.05, 4.69) is 5.32 Å². The van der Waals surface area contributed by atoms with Crippen molar-refractivity contribution in [3.05, 3.63) is 64.1 Å². The third-order valence-electron chi connectivity index (χ3n) is 3.17. The average molecular weight is 418 g/mol. The van der Waals surface area contributed by atoms with Gasteiger partial charge in [0.05, 0.1) is 16.3 Å². The van der Waals surface area contributed by atoms with Crippen LogP contribution in [-0.2, 0) is 6.18 Å². The number of anilines is 1. The van der Waals surface area contributed by atoms with Crippen molar-refractivity contribution in [3.8, 4) is 23.6 Å². The van der Waals surface area contributed by atoms with Crippen molar-refractivity contribution >= 4 is 17.3 Å². The number of alkyl halides is 3. The summed E-state index contributed by atoms with van der Waals surface area (Å²) in [5.74, 6) is -5.95. The monoisotopic (exact) mass is 417 g/mol. The van der Waals surface area contributed by atoms with Crippen molar-refractivity contribution in [2.75, 3.05) is 5.32 Å². The molecule has 0 aliphatic carbocycles. The Hall–Kier alpha value is -3.37. The molecule has 0 aliphatic rings. The van der Waals surface area contributed by atoms with Crippen molar-refractivity contribution in [1.29, 1.82) is 10.5 Å². The van der Waals surface area contributed by atoms with Crippen LogP contribution in [0.2, 0.25) is 5.02 Å². The van der Waals surface area contributed by atoms with Gasteiger partial charge in [-0.2, -0.15) is 23.7 Å². The zero-order valence-corrected chi connectivity index (χ0v) is 14.1. The topological polar surface area (TPSA) is 68.8 Å². The molecule has 0 heterocycles. The summed E-state index contributed by atoms with van der Waals surface area (Å²) in [5.41, 5.74) is -2.35. The van der Waals surface area contributed by atoms with Crippen LogP contribution < -0.4 is 10.1 Å². The molecule has 2 aromatic rings. The van der Waals surface area contributed by atoms with Gasteiger partial charge >= 0.3 is 6.18 Å². The van der Waals surface area contributed by atoms with Gasteiger partial charge in [0.2, 0.25) is 0 Å². The van der Waals surface area contributed by atoms with Crippen LogP contribution in [0.4, 0.5) is 32.0 Å². The summed E-state index contributed by atoms with van der Waals surface area (Å²) in [6.07, 6.45) is -4.12. The molecular formula is C17H6ClF6N3O. The highest BCUT2D eigenvalue weighted by molar-refractivity contribution is 6.32. The van der Waals surface area contributed by atoms with E-state index in [-0.39, 0.29) is 17.8 Å². The first kappa shape index (κ1) is 20.9. The van der Waals surface area contributed by atoms with Crippen LogP contribution >= 0.6 is 11.6 Å². The molecule has 0 bridgehead atoms. The Balaban J connectivity index is 2.42. The standard InChI is InChI=1S/C17H6ClF6N3O/c18-10-3-11(19)14(27-7-8(5-25)6-26)4-15(10)28-16-12(20)1-9(2-13(16)21)17(22,23)24/h1-4,7,27H. The first-order valence-corrected chi connectivity index (χ1v) is 7.44. The minimum absolute atomic E-state index is 0.0316. The number of nitriles is 2. The first-order valence-electron chi connectivity index (χ1n) is 7.07. The lowest BCUT2D eigenvalue weighted by atomic mass is 10.2. The fourth-order valence-corrected chi connectivity index (χ4v) is 2.08. The number of rotatable bonds is 4. The quantitative estimate of drug-likeness (QED) is 0.496. The Morgan fingerprint density at radius 1 is 1.00 bits per heavy atom. The van der Waals surface area contributed by atoms with E-state index in [1.807, 2.05) is 0 Å². The lowest BCUT2D eigenvalue weighted by Gasteiger charge is -2.14. The van der Waals surface area contributed by atoms with Gasteiger partial charge in [0.1, 0.15) is 29.3 Å². The molecule has 0 aliphatic heterocycles. The molecule has 0 saturated heterocycles. The third-order valence-corrected chi connectivity index (χ3v) is 3.47. The molecule has 0 radical (unpaired) electrons. The molecule has 2 aromatic carbocycles. The largest absolute Gasteiger partial charge is 0.450 e. The second-order valence-corrected chi connectivity index (χ2v) is 5.46. The highest BCUT2D eigenvalue weighted by Gasteiger charge is 2.33. The molecule has 0 aromatic heterocycles. The predicted molar refractivity (Wildman–Crippen MR) is 85.8 cm³/mol. The molecule has 2 rings (SSSR count). The minimum atomic E-state index is -4.98. The van der Waals surface area contributed by atoms with Gasteiger partial charge in [0, 0.05) is 12.3 Å². The van der Waals surface area contributed by atoms with E-state index in [1.54, 1.807) is 0 Å². The number of ether oxygens (including phenoxy) is 1. The van der Waals surface area contributed by atoms with Gasteiger partial charge in [-0.3, -0.25) is 0 Å². The second kappa shape index (κ2) is 8.11. The summed E-state index contributed by atoms with van der Waals surface area (Å²) >= 11 is 5.74. The Labute approximate surface area is 158 Å². The molecular weight excluding hydrogens is 412 g/mol. The minimum Gasteiger partial charge on any atom is -0.450 e. The normalized spacial score (nSPS) is 10.6. The number of hydrogen-bond acceptors (Lipinski definition) is 4. The van der Waals surface area contributed by atoms with Crippen molar-refractivity contribution in [3.63, 3.8) is 0 Å². The Bertz CT molecular complexity index is 998. The van der Waals surface area contributed by atoms with Gasteiger partial charge in [-0.05, 0) is 18.2 Å². The number of halogens is 7. The van der Waals surface area contributed by atoms with E-state index in [9.17, 15) is 26.3 Å². The Morgan fingerprint density at radius 2 is 1.57 bits per heavy atom. The SMILES string of the molecule is N#CC(C#N)=CNc1cc(Oc2c(F)cc(C(F)(F)F)cc2F)c(Cl)cc1F. The average Bonchev–Trinajstić information content (AvgIpc) is 2.60. The Kier molecular flexibility index (Phi) is 6.06. The fraction of sp³-hybridized carbons (Fsp3) is 0.0588. The number of benzene rings is 2. The maximum Gasteiger partial charge on any atom is 0.416 e. The maximum atomic E-state index is 13.9. The van der Waals surface area contributed by atoms with E-state index >= 15 is 0 Å². The van der Waals surface area contributed by atoms with Crippen LogP contribution in [0.5, 0.6) is 11.5 Å². The number of nitrogens with one attached hydrogen (secondary N) is 1. The molecule has 0 spiro atoms. The molecule has 0 saturated carbocycles. The van der Waals surface area contributed by atoms with Crippen molar-refractivity contribution in [2.24, 2.45) is 0 Å². The Morgan fingerprint density at radius 3 is 2.07 bits per heavy atom. The number of hydrogen-bond donors (Lipinski definition) is 1. The summed E-state index contributed by atoms with van der Waals surface area (Å²) < 4.78 is 84.3. The van der Waals surface area contributed by atoms with Crippen LogP contribution in [0.1, 0.15) is 5.56 Å². The lowest BCUT2D eigenvalue weighted by Crippen LogP contribution is -2.07. The van der Waals surface area contributed by atoms with Crippen molar-refractivity contribution < 1.29 is 31.1 Å². The summed E-state index contributed by atoms with van der Waals surface area (Å²) in [6.45, 7) is 0. The third kappa shape index (κ3) is 4.67. The molecule has 0 fully saturated rings. The highest BCUT2D eigenvalue weighted by atomic mass is 35.5. The van der Waals surface area contributed by atoms with Crippen LogP contribution in [-0.4, -0.2) is 0 Å². The zero-order chi connectivity index (χ0) is 21.1. The van der Waals surface area contributed by atoms with Crippen molar-refractivity contribution in [2.45, 2.75) is 6.18 Å². The van der Waals surface area contributed by atoms with Crippen LogP contribution in [0.25, 0.3) is 0 Å². The van der Waals surface area contributed by atoms with E-state index < -0.39 is 51.3 Å². The summed E-state index contributed by atoms with van der Waals surface area (Å²) in [6, 6.07) is 4.62. The van der Waals surface area contributed by atoms with Crippen LogP contribution in [0.3, 0.4) is 0 Å². The molecule has 0 unspecified atom stereocenters. The van der Waals surface area contributed by atoms with Crippen LogP contribution in [0.15, 0.2) is 36.0 Å². The maximum absolute atomic E-state index is 13.9. The summed E-state index contributed by atoms with van der Waals surface area (Å²) in [4.78, 5) is 0. The fourth-order valence-electron chi connectivity index (χ4n) is 1.89. The van der Waals surface area contributed by atoms with Gasteiger partial charge < -0.3 is 10.1 Å². The zero-order valence-electron chi connectivity index (χ0n) is 13.3. The molecule has 28 heavy (non-hydrogen) atoms. The van der Waals surface area contributed by atoms with Gasteiger partial charge in [-0.25, -0.2) is 13.2 Å². The van der Waals surface area contributed by atoms with E-state index in [0.29, 0.717) is 6.07 Å². The predicted octanol–water partition coefficient (Wildman–Crippen LogP) is 5.91. The molecule has 144 valence electrons.